The summed E-state index contributed by atoms with van der Waals surface area (Å²) in [7, 11) is 3.04. The van der Waals surface area contributed by atoms with Crippen molar-refractivity contribution in [1.82, 2.24) is 4.98 Å². The minimum atomic E-state index is -0.560. The number of methoxy groups -OCH3 is 2. The van der Waals surface area contributed by atoms with Crippen molar-refractivity contribution in [2.75, 3.05) is 26.1 Å². The first-order chi connectivity index (χ1) is 14.6. The lowest BCUT2D eigenvalue weighted by Crippen LogP contribution is -2.21. The summed E-state index contributed by atoms with van der Waals surface area (Å²) in [5.41, 5.74) is 3.60. The second-order valence-corrected chi connectivity index (χ2v) is 7.73. The first-order valence-electron chi connectivity index (χ1n) is 8.88. The number of carbonyl (C=O) groups excluding carboxylic acids is 2. The summed E-state index contributed by atoms with van der Waals surface area (Å²) < 4.78 is 15.6. The van der Waals surface area contributed by atoms with Crippen molar-refractivity contribution in [3.05, 3.63) is 64.6 Å². The fraction of sp³-hybridized carbons (Fsp3) is 0.190. The molecule has 1 aromatic heterocycles. The number of thiazole rings is 1. The smallest absolute Gasteiger partial charge is 0.339 e. The number of benzene rings is 2. The van der Waals surface area contributed by atoms with Crippen LogP contribution in [0.4, 0.5) is 5.69 Å². The Morgan fingerprint density at radius 3 is 2.50 bits per heavy atom. The van der Waals surface area contributed by atoms with E-state index < -0.39 is 18.5 Å². The van der Waals surface area contributed by atoms with Gasteiger partial charge in [0.1, 0.15) is 11.5 Å². The van der Waals surface area contributed by atoms with Crippen molar-refractivity contribution in [2.24, 2.45) is 0 Å². The van der Waals surface area contributed by atoms with Crippen LogP contribution in [0, 0.1) is 0 Å². The molecule has 0 fully saturated rings. The lowest BCUT2D eigenvalue weighted by molar-refractivity contribution is -0.119. The van der Waals surface area contributed by atoms with Crippen molar-refractivity contribution in [1.29, 1.82) is 0 Å². The molecule has 0 unspecified atom stereocenters. The fourth-order valence-corrected chi connectivity index (χ4v) is 4.11. The maximum absolute atomic E-state index is 12.5. The summed E-state index contributed by atoms with van der Waals surface area (Å²) in [5, 5.41) is 4.63. The van der Waals surface area contributed by atoms with Crippen LogP contribution in [0.2, 0.25) is 0 Å². The number of anilines is 1. The van der Waals surface area contributed by atoms with E-state index in [1.54, 1.807) is 35.8 Å². The van der Waals surface area contributed by atoms with Gasteiger partial charge in [0, 0.05) is 39.9 Å². The van der Waals surface area contributed by atoms with Crippen molar-refractivity contribution in [2.45, 2.75) is 10.6 Å². The van der Waals surface area contributed by atoms with Crippen LogP contribution in [0.15, 0.2) is 58.3 Å². The van der Waals surface area contributed by atoms with Crippen molar-refractivity contribution in [3.63, 3.8) is 0 Å². The number of rotatable bonds is 9. The fourth-order valence-electron chi connectivity index (χ4n) is 2.51. The zero-order valence-electron chi connectivity index (χ0n) is 16.4. The van der Waals surface area contributed by atoms with Gasteiger partial charge in [-0.05, 0) is 12.1 Å². The van der Waals surface area contributed by atoms with Crippen molar-refractivity contribution < 1.29 is 23.8 Å². The van der Waals surface area contributed by atoms with Gasteiger partial charge in [-0.15, -0.1) is 23.1 Å². The number of hydrogen-bond donors (Lipinski definition) is 1. The number of carbonyl (C=O) groups is 2. The molecule has 0 spiro atoms. The van der Waals surface area contributed by atoms with Crippen molar-refractivity contribution in [3.8, 4) is 11.5 Å². The van der Waals surface area contributed by atoms with Crippen LogP contribution >= 0.6 is 23.1 Å². The molecule has 1 amide bonds. The zero-order valence-corrected chi connectivity index (χ0v) is 18.0. The van der Waals surface area contributed by atoms with Crippen molar-refractivity contribution >= 4 is 40.7 Å². The molecule has 9 heteroatoms. The normalized spacial score (nSPS) is 10.3. The van der Waals surface area contributed by atoms with Crippen LogP contribution < -0.4 is 14.8 Å². The van der Waals surface area contributed by atoms with E-state index in [2.05, 4.69) is 10.3 Å². The van der Waals surface area contributed by atoms with E-state index in [0.717, 1.165) is 10.6 Å². The lowest BCUT2D eigenvalue weighted by atomic mass is 10.2. The monoisotopic (exact) mass is 444 g/mol. The molecule has 1 heterocycles. The average molecular weight is 445 g/mol. The molecule has 3 aromatic rings. The highest BCUT2D eigenvalue weighted by Gasteiger charge is 2.15. The Kier molecular flexibility index (Phi) is 7.69. The quantitative estimate of drug-likeness (QED) is 0.390. The molecule has 0 saturated carbocycles. The third kappa shape index (κ3) is 5.98. The van der Waals surface area contributed by atoms with E-state index in [4.69, 9.17) is 14.2 Å². The maximum atomic E-state index is 12.5. The van der Waals surface area contributed by atoms with Gasteiger partial charge in [0.15, 0.2) is 6.61 Å². The summed E-state index contributed by atoms with van der Waals surface area (Å²) in [5.74, 6) is 0.688. The third-order valence-corrected chi connectivity index (χ3v) is 5.68. The highest BCUT2D eigenvalue weighted by molar-refractivity contribution is 7.98. The number of hydrogen-bond acceptors (Lipinski definition) is 8. The van der Waals surface area contributed by atoms with E-state index in [-0.39, 0.29) is 0 Å². The Morgan fingerprint density at radius 1 is 1.10 bits per heavy atom. The van der Waals surface area contributed by atoms with Gasteiger partial charge in [0.05, 0.1) is 31.0 Å². The number of nitrogens with zero attached hydrogens (tertiary/aromatic N) is 1. The lowest BCUT2D eigenvalue weighted by Gasteiger charge is -2.11. The Bertz CT molecular complexity index is 986. The highest BCUT2D eigenvalue weighted by atomic mass is 32.2. The van der Waals surface area contributed by atoms with E-state index >= 15 is 0 Å². The minimum Gasteiger partial charge on any atom is -0.497 e. The second-order valence-electron chi connectivity index (χ2n) is 5.99. The maximum Gasteiger partial charge on any atom is 0.339 e. The number of nitrogens with one attached hydrogen (secondary N) is 1. The van der Waals surface area contributed by atoms with Gasteiger partial charge >= 0.3 is 5.97 Å². The molecular formula is C21H20N2O5S2. The summed E-state index contributed by atoms with van der Waals surface area (Å²) in [6.07, 6.45) is 0. The molecule has 3 rings (SSSR count). The zero-order chi connectivity index (χ0) is 21.3. The Balaban J connectivity index is 1.58. The second kappa shape index (κ2) is 10.7. The number of thioether (sulfide) groups is 1. The minimum absolute atomic E-state index is 0.411. The molecule has 0 radical (unpaired) electrons. The predicted octanol–water partition coefficient (Wildman–Crippen LogP) is 4.25. The summed E-state index contributed by atoms with van der Waals surface area (Å²) in [4.78, 5) is 29.8. The van der Waals surface area contributed by atoms with Crippen LogP contribution in [0.1, 0.15) is 16.1 Å². The van der Waals surface area contributed by atoms with Gasteiger partial charge in [0.25, 0.3) is 5.91 Å². The van der Waals surface area contributed by atoms with Crippen LogP contribution in [-0.4, -0.2) is 37.7 Å². The van der Waals surface area contributed by atoms with Gasteiger partial charge in [-0.2, -0.15) is 0 Å². The molecular weight excluding hydrogens is 424 g/mol. The molecule has 0 aliphatic rings. The summed E-state index contributed by atoms with van der Waals surface area (Å²) in [6, 6.07) is 12.1. The van der Waals surface area contributed by atoms with Crippen LogP contribution in [0.5, 0.6) is 11.5 Å². The third-order valence-electron chi connectivity index (χ3n) is 3.94. The largest absolute Gasteiger partial charge is 0.497 e. The van der Waals surface area contributed by atoms with E-state index in [1.807, 2.05) is 17.5 Å². The molecule has 0 aliphatic heterocycles. The molecule has 0 atom stereocenters. The number of aromatic nitrogens is 1. The van der Waals surface area contributed by atoms with E-state index in [9.17, 15) is 9.59 Å². The van der Waals surface area contributed by atoms with Gasteiger partial charge in [0.2, 0.25) is 0 Å². The van der Waals surface area contributed by atoms with Crippen LogP contribution in [0.3, 0.4) is 0 Å². The molecule has 7 nitrogen and oxygen atoms in total. The van der Waals surface area contributed by atoms with Crippen LogP contribution in [-0.2, 0) is 15.3 Å². The SMILES string of the molecule is COc1cc(NC(=O)COC(=O)c2ccccc2SCc2cscn2)cc(OC)c1. The first-order valence-corrected chi connectivity index (χ1v) is 10.8. The highest BCUT2D eigenvalue weighted by Crippen LogP contribution is 2.27. The standard InChI is InChI=1S/C21H20N2O5S2/c1-26-16-7-14(8-17(9-16)27-2)23-20(24)10-28-21(25)18-5-3-4-6-19(18)30-12-15-11-29-13-22-15/h3-9,11,13H,10,12H2,1-2H3,(H,23,24). The Hall–Kier alpha value is -3.04. The van der Waals surface area contributed by atoms with Gasteiger partial charge < -0.3 is 19.5 Å². The topological polar surface area (TPSA) is 86.8 Å². The Labute approximate surface area is 182 Å². The van der Waals surface area contributed by atoms with E-state index in [1.165, 1.54) is 37.3 Å². The molecule has 0 bridgehead atoms. The predicted molar refractivity (Wildman–Crippen MR) is 117 cm³/mol. The van der Waals surface area contributed by atoms with Gasteiger partial charge in [-0.1, -0.05) is 12.1 Å². The molecule has 30 heavy (non-hydrogen) atoms. The molecule has 0 aliphatic carbocycles. The average Bonchev–Trinajstić information content (AvgIpc) is 3.29. The summed E-state index contributed by atoms with van der Waals surface area (Å²) in [6.45, 7) is -0.413. The first kappa shape index (κ1) is 21.7. The van der Waals surface area contributed by atoms with Gasteiger partial charge in [-0.3, -0.25) is 4.79 Å². The number of esters is 1. The Morgan fingerprint density at radius 2 is 1.83 bits per heavy atom. The molecule has 0 saturated heterocycles. The molecule has 1 N–H and O–H groups in total. The van der Waals surface area contributed by atoms with Gasteiger partial charge in [-0.25, -0.2) is 9.78 Å². The molecule has 156 valence electrons. The number of ether oxygens (including phenoxy) is 3. The number of amides is 1. The summed E-state index contributed by atoms with van der Waals surface area (Å²) >= 11 is 3.02. The molecule has 2 aromatic carbocycles. The van der Waals surface area contributed by atoms with Crippen LogP contribution in [0.25, 0.3) is 0 Å². The van der Waals surface area contributed by atoms with E-state index in [0.29, 0.717) is 28.5 Å².